The number of aromatic nitrogens is 4. The lowest BCUT2D eigenvalue weighted by molar-refractivity contribution is 0.253. The van der Waals surface area contributed by atoms with E-state index in [4.69, 9.17) is 11.6 Å². The fourth-order valence-electron chi connectivity index (χ4n) is 4.44. The molecular weight excluding hydrogens is 372 g/mol. The van der Waals surface area contributed by atoms with E-state index in [1.165, 1.54) is 19.3 Å². The zero-order valence-corrected chi connectivity index (χ0v) is 16.4. The summed E-state index contributed by atoms with van der Waals surface area (Å²) < 4.78 is 3.67. The predicted molar refractivity (Wildman–Crippen MR) is 112 cm³/mol. The van der Waals surface area contributed by atoms with Crippen molar-refractivity contribution in [1.82, 2.24) is 19.2 Å². The van der Waals surface area contributed by atoms with Gasteiger partial charge in [0, 0.05) is 29.0 Å². The molecule has 0 amide bonds. The topological polar surface area (TPSA) is 52.2 Å². The van der Waals surface area contributed by atoms with Crippen LogP contribution in [-0.2, 0) is 0 Å². The first-order valence-electron chi connectivity index (χ1n) is 9.77. The van der Waals surface area contributed by atoms with E-state index in [2.05, 4.69) is 17.0 Å². The predicted octanol–water partition coefficient (Wildman–Crippen LogP) is 5.12. The molecule has 6 heteroatoms. The highest BCUT2D eigenvalue weighted by atomic mass is 35.5. The Balaban J connectivity index is 1.66. The van der Waals surface area contributed by atoms with E-state index in [-0.39, 0.29) is 11.6 Å². The monoisotopic (exact) mass is 392 g/mol. The van der Waals surface area contributed by atoms with Crippen LogP contribution in [0.15, 0.2) is 53.7 Å². The first-order chi connectivity index (χ1) is 13.6. The molecule has 1 aromatic carbocycles. The summed E-state index contributed by atoms with van der Waals surface area (Å²) in [5, 5.41) is 5.82. The summed E-state index contributed by atoms with van der Waals surface area (Å²) in [6.07, 6.45) is 10.1. The summed E-state index contributed by atoms with van der Waals surface area (Å²) in [6.45, 7) is 2.24. The lowest BCUT2D eigenvalue weighted by Gasteiger charge is -2.30. The van der Waals surface area contributed by atoms with Gasteiger partial charge in [-0.1, -0.05) is 43.5 Å². The van der Waals surface area contributed by atoms with Gasteiger partial charge in [0.05, 0.1) is 17.1 Å². The van der Waals surface area contributed by atoms with Crippen LogP contribution < -0.4 is 5.56 Å². The largest absolute Gasteiger partial charge is 0.312 e. The molecule has 0 aliphatic heterocycles. The molecule has 0 spiro atoms. The molecule has 1 fully saturated rings. The molecule has 142 valence electrons. The van der Waals surface area contributed by atoms with Gasteiger partial charge in [0.1, 0.15) is 0 Å². The second-order valence-electron chi connectivity index (χ2n) is 7.71. The summed E-state index contributed by atoms with van der Waals surface area (Å²) in [5.41, 5.74) is 3.46. The maximum atomic E-state index is 13.2. The van der Waals surface area contributed by atoms with E-state index >= 15 is 0 Å². The average Bonchev–Trinajstić information content (AvgIpc) is 3.14. The summed E-state index contributed by atoms with van der Waals surface area (Å²) in [5.74, 6) is 0.516. The Bertz CT molecular complexity index is 1230. The number of hydrogen-bond donors (Lipinski definition) is 0. The van der Waals surface area contributed by atoms with Crippen molar-refractivity contribution in [3.63, 3.8) is 0 Å². The van der Waals surface area contributed by atoms with Crippen molar-refractivity contribution >= 4 is 28.2 Å². The molecule has 5 nitrogen and oxygen atoms in total. The number of hydrogen-bond acceptors (Lipinski definition) is 3. The van der Waals surface area contributed by atoms with Gasteiger partial charge < -0.3 is 4.57 Å². The van der Waals surface area contributed by atoms with E-state index in [0.717, 1.165) is 28.7 Å². The Morgan fingerprint density at radius 2 is 1.86 bits per heavy atom. The molecule has 3 heterocycles. The van der Waals surface area contributed by atoms with E-state index in [9.17, 15) is 4.79 Å². The SMILES string of the molecule is C[C@@H]1CCCC[C@H]1n1ccc2c(cnc3c(-c4ccc(Cl)cc4)cnn32)c1=O. The quantitative estimate of drug-likeness (QED) is 0.476. The van der Waals surface area contributed by atoms with Gasteiger partial charge in [-0.25, -0.2) is 9.50 Å². The fraction of sp³-hybridized carbons (Fsp3) is 0.318. The molecule has 2 atom stereocenters. The minimum atomic E-state index is 0.0224. The van der Waals surface area contributed by atoms with Crippen molar-refractivity contribution in [1.29, 1.82) is 0 Å². The number of pyridine rings is 1. The van der Waals surface area contributed by atoms with Crippen LogP contribution in [0.1, 0.15) is 38.6 Å². The molecule has 3 aromatic heterocycles. The summed E-state index contributed by atoms with van der Waals surface area (Å²) in [6, 6.07) is 9.87. The van der Waals surface area contributed by atoms with Crippen LogP contribution in [0, 0.1) is 5.92 Å². The summed E-state index contributed by atoms with van der Waals surface area (Å²) in [7, 11) is 0. The number of fused-ring (bicyclic) bond motifs is 3. The van der Waals surface area contributed by atoms with Crippen LogP contribution in [0.4, 0.5) is 0 Å². The molecule has 0 radical (unpaired) electrons. The molecule has 1 saturated carbocycles. The molecule has 0 bridgehead atoms. The average molecular weight is 393 g/mol. The van der Waals surface area contributed by atoms with Crippen LogP contribution in [-0.4, -0.2) is 19.2 Å². The molecule has 0 N–H and O–H groups in total. The van der Waals surface area contributed by atoms with Crippen molar-refractivity contribution < 1.29 is 0 Å². The highest BCUT2D eigenvalue weighted by Crippen LogP contribution is 2.33. The highest BCUT2D eigenvalue weighted by Gasteiger charge is 2.24. The second kappa shape index (κ2) is 6.74. The van der Waals surface area contributed by atoms with Crippen molar-refractivity contribution in [2.45, 2.75) is 38.6 Å². The van der Waals surface area contributed by atoms with Gasteiger partial charge >= 0.3 is 0 Å². The van der Waals surface area contributed by atoms with Gasteiger partial charge in [0.25, 0.3) is 5.56 Å². The first kappa shape index (κ1) is 17.4. The number of rotatable bonds is 2. The fourth-order valence-corrected chi connectivity index (χ4v) is 4.56. The Kier molecular flexibility index (Phi) is 4.20. The van der Waals surface area contributed by atoms with Crippen molar-refractivity contribution in [2.75, 3.05) is 0 Å². The molecule has 1 aliphatic rings. The van der Waals surface area contributed by atoms with Gasteiger partial charge in [-0.05, 0) is 42.5 Å². The molecule has 5 rings (SSSR count). The van der Waals surface area contributed by atoms with Gasteiger partial charge in [-0.15, -0.1) is 0 Å². The summed E-state index contributed by atoms with van der Waals surface area (Å²) >= 11 is 6.00. The number of benzene rings is 1. The first-order valence-corrected chi connectivity index (χ1v) is 10.1. The Morgan fingerprint density at radius 1 is 1.07 bits per heavy atom. The lowest BCUT2D eigenvalue weighted by Crippen LogP contribution is -2.30. The van der Waals surface area contributed by atoms with Crippen molar-refractivity contribution in [3.05, 3.63) is 64.3 Å². The van der Waals surface area contributed by atoms with Gasteiger partial charge in [-0.3, -0.25) is 4.79 Å². The van der Waals surface area contributed by atoms with Crippen LogP contribution in [0.5, 0.6) is 0 Å². The molecule has 4 aromatic rings. The van der Waals surface area contributed by atoms with E-state index in [1.54, 1.807) is 16.9 Å². The molecule has 1 aliphatic carbocycles. The number of halogens is 1. The van der Waals surface area contributed by atoms with Crippen LogP contribution in [0.3, 0.4) is 0 Å². The molecular formula is C22H21ClN4O. The molecule has 0 unspecified atom stereocenters. The Hall–Kier alpha value is -2.66. The zero-order chi connectivity index (χ0) is 19.3. The minimum Gasteiger partial charge on any atom is -0.312 e. The van der Waals surface area contributed by atoms with Crippen molar-refractivity contribution in [2.24, 2.45) is 5.92 Å². The van der Waals surface area contributed by atoms with Crippen LogP contribution in [0.25, 0.3) is 27.7 Å². The minimum absolute atomic E-state index is 0.0224. The van der Waals surface area contributed by atoms with Crippen LogP contribution in [0.2, 0.25) is 5.02 Å². The van der Waals surface area contributed by atoms with Gasteiger partial charge in [-0.2, -0.15) is 5.10 Å². The number of nitrogens with zero attached hydrogens (tertiary/aromatic N) is 4. The van der Waals surface area contributed by atoms with Gasteiger partial charge in [0.2, 0.25) is 0 Å². The van der Waals surface area contributed by atoms with Gasteiger partial charge in [0.15, 0.2) is 5.65 Å². The van der Waals surface area contributed by atoms with Crippen LogP contribution >= 0.6 is 11.6 Å². The third-order valence-corrected chi connectivity index (χ3v) is 6.25. The normalized spacial score (nSPS) is 20.1. The third-order valence-electron chi connectivity index (χ3n) is 6.00. The smallest absolute Gasteiger partial charge is 0.261 e. The van der Waals surface area contributed by atoms with Crippen molar-refractivity contribution in [3.8, 4) is 11.1 Å². The molecule has 0 saturated heterocycles. The Morgan fingerprint density at radius 3 is 2.64 bits per heavy atom. The molecule has 28 heavy (non-hydrogen) atoms. The standard InChI is InChI=1S/C22H21ClN4O/c1-14-4-2-3-5-19(14)26-11-10-20-18(22(26)28)12-24-21-17(13-25-27(20)21)15-6-8-16(23)9-7-15/h6-14,19H,2-5H2,1H3/t14-,19-/m1/s1. The van der Waals surface area contributed by atoms with E-state index < -0.39 is 0 Å². The Labute approximate surface area is 167 Å². The van der Waals surface area contributed by atoms with E-state index in [1.807, 2.05) is 41.1 Å². The van der Waals surface area contributed by atoms with E-state index in [0.29, 0.717) is 16.3 Å². The second-order valence-corrected chi connectivity index (χ2v) is 8.15. The summed E-state index contributed by atoms with van der Waals surface area (Å²) in [4.78, 5) is 17.8. The zero-order valence-electron chi connectivity index (χ0n) is 15.7. The highest BCUT2D eigenvalue weighted by molar-refractivity contribution is 6.30. The maximum Gasteiger partial charge on any atom is 0.261 e. The maximum absolute atomic E-state index is 13.2. The lowest BCUT2D eigenvalue weighted by atomic mass is 9.85. The third kappa shape index (κ3) is 2.73.